The number of nitrogens with zero attached hydrogens (tertiary/aromatic N) is 5. The van der Waals surface area contributed by atoms with Gasteiger partial charge in [0.25, 0.3) is 0 Å². The fourth-order valence-corrected chi connectivity index (χ4v) is 11.9. The van der Waals surface area contributed by atoms with Crippen LogP contribution in [0, 0.1) is 64.2 Å². The van der Waals surface area contributed by atoms with Crippen LogP contribution in [0.4, 0.5) is 17.1 Å². The Balaban J connectivity index is 0.000000222. The highest BCUT2D eigenvalue weighted by Gasteiger charge is 2.44. The van der Waals surface area contributed by atoms with Gasteiger partial charge < -0.3 is 14.0 Å². The van der Waals surface area contributed by atoms with E-state index in [4.69, 9.17) is 5.26 Å². The number of nitriles is 2. The van der Waals surface area contributed by atoms with Gasteiger partial charge in [-0.2, -0.15) is 10.5 Å². The highest BCUT2D eigenvalue weighted by Crippen LogP contribution is 2.59. The monoisotopic (exact) mass is 996 g/mol. The van der Waals surface area contributed by atoms with Gasteiger partial charge in [0, 0.05) is 69.0 Å². The molecule has 10 aromatic rings. The van der Waals surface area contributed by atoms with Gasteiger partial charge in [-0.15, -0.1) is 0 Å². The molecule has 0 spiro atoms. The molecule has 0 radical (unpaired) electrons. The van der Waals surface area contributed by atoms with Gasteiger partial charge in [-0.25, -0.2) is 0 Å². The van der Waals surface area contributed by atoms with E-state index in [0.29, 0.717) is 0 Å². The number of anilines is 3. The summed E-state index contributed by atoms with van der Waals surface area (Å²) in [6.45, 7) is 24.9. The Morgan fingerprint density at radius 3 is 1.84 bits per heavy atom. The van der Waals surface area contributed by atoms with Crippen molar-refractivity contribution in [2.75, 3.05) is 4.90 Å². The summed E-state index contributed by atoms with van der Waals surface area (Å²) in [4.78, 5) is 2.49. The minimum absolute atomic E-state index is 0.103. The third-order valence-electron chi connectivity index (χ3n) is 15.5. The van der Waals surface area contributed by atoms with Gasteiger partial charge in [0.1, 0.15) is 0 Å². The molecule has 0 N–H and O–H groups in total. The van der Waals surface area contributed by atoms with Gasteiger partial charge in [0.2, 0.25) is 0 Å². The molecule has 11 rings (SSSR count). The number of allylic oxidation sites excluding steroid dienone is 2. The Morgan fingerprint density at radius 1 is 0.553 bits per heavy atom. The molecular weight excluding hydrogens is 923 g/mol. The maximum atomic E-state index is 10.3. The minimum atomic E-state index is -0.103. The average molecular weight is 996 g/mol. The van der Waals surface area contributed by atoms with Gasteiger partial charge in [-0.05, 0) is 165 Å². The largest absolute Gasteiger partial charge is 0.347 e. The number of para-hydroxylation sites is 2. The average Bonchev–Trinajstić information content (AvgIpc) is 4.00. The van der Waals surface area contributed by atoms with E-state index in [1.807, 2.05) is 58.0 Å². The zero-order valence-electron chi connectivity index (χ0n) is 46.9. The number of rotatable bonds is 9. The van der Waals surface area contributed by atoms with Crippen LogP contribution in [0.15, 0.2) is 164 Å². The highest BCUT2D eigenvalue weighted by molar-refractivity contribution is 6.18. The van der Waals surface area contributed by atoms with Crippen molar-refractivity contribution in [1.29, 1.82) is 10.5 Å². The zero-order chi connectivity index (χ0) is 54.4. The van der Waals surface area contributed by atoms with Crippen molar-refractivity contribution in [1.82, 2.24) is 9.13 Å². The number of hydrogen-bond donors (Lipinski definition) is 0. The number of aryl methyl sites for hydroxylation is 7. The van der Waals surface area contributed by atoms with E-state index in [1.54, 1.807) is 0 Å². The Bertz CT molecular complexity index is 3890. The van der Waals surface area contributed by atoms with Crippen molar-refractivity contribution in [3.63, 3.8) is 0 Å². The molecule has 0 fully saturated rings. The first-order valence-corrected chi connectivity index (χ1v) is 27.1. The molecule has 8 aromatic carbocycles. The number of hydrogen-bond acceptors (Lipinski definition) is 3. The predicted octanol–water partition coefficient (Wildman–Crippen LogP) is 19.5. The lowest BCUT2D eigenvalue weighted by atomic mass is 9.71. The van der Waals surface area contributed by atoms with Crippen LogP contribution in [0.5, 0.6) is 0 Å². The Morgan fingerprint density at radius 2 is 1.17 bits per heavy atom. The van der Waals surface area contributed by atoms with Crippen LogP contribution in [0.2, 0.25) is 0 Å². The van der Waals surface area contributed by atoms with Crippen LogP contribution >= 0.6 is 0 Å². The summed E-state index contributed by atoms with van der Waals surface area (Å²) >= 11 is 0. The van der Waals surface area contributed by atoms with E-state index in [2.05, 4.69) is 222 Å². The lowest BCUT2D eigenvalue weighted by Crippen LogP contribution is -2.25. The molecule has 0 saturated carbocycles. The fourth-order valence-electron chi connectivity index (χ4n) is 11.9. The molecule has 1 aliphatic rings. The Hall–Kier alpha value is -8.38. The van der Waals surface area contributed by atoms with Crippen molar-refractivity contribution in [2.45, 2.75) is 100 Å². The summed E-state index contributed by atoms with van der Waals surface area (Å²) in [5.41, 5.74) is 22.4. The molecule has 0 unspecified atom stereocenters. The van der Waals surface area contributed by atoms with Gasteiger partial charge >= 0.3 is 0 Å². The van der Waals surface area contributed by atoms with Crippen molar-refractivity contribution in [2.24, 2.45) is 14.1 Å². The third-order valence-corrected chi connectivity index (χ3v) is 15.5. The number of aromatic nitrogens is 2. The molecule has 5 heteroatoms. The molecule has 382 valence electrons. The lowest BCUT2D eigenvalue weighted by molar-refractivity contribution is 0.436. The second kappa shape index (κ2) is 23.0. The van der Waals surface area contributed by atoms with Gasteiger partial charge in [-0.1, -0.05) is 156 Å². The topological polar surface area (TPSA) is 60.7 Å². The van der Waals surface area contributed by atoms with Crippen molar-refractivity contribution >= 4 is 66.6 Å². The van der Waals surface area contributed by atoms with Crippen molar-refractivity contribution < 1.29 is 0 Å². The summed E-state index contributed by atoms with van der Waals surface area (Å²) < 4.78 is 4.55. The molecule has 2 heterocycles. The van der Waals surface area contributed by atoms with Gasteiger partial charge in [-0.3, -0.25) is 0 Å². The first-order valence-electron chi connectivity index (χ1n) is 27.1. The molecule has 5 nitrogen and oxygen atoms in total. The second-order valence-corrected chi connectivity index (χ2v) is 20.2. The summed E-state index contributed by atoms with van der Waals surface area (Å²) in [5, 5.41) is 25.1. The quantitative estimate of drug-likeness (QED) is 0.135. The maximum Gasteiger partial charge on any atom is 0.0994 e. The molecule has 0 saturated heterocycles. The summed E-state index contributed by atoms with van der Waals surface area (Å²) in [7, 11) is 4.28. The number of benzene rings is 8. The van der Waals surface area contributed by atoms with Crippen LogP contribution in [-0.4, -0.2) is 9.13 Å². The van der Waals surface area contributed by atoms with E-state index in [-0.39, 0.29) is 5.41 Å². The molecule has 0 aliphatic heterocycles. The van der Waals surface area contributed by atoms with Crippen LogP contribution in [0.1, 0.15) is 115 Å². The highest BCUT2D eigenvalue weighted by atomic mass is 15.1. The molecule has 76 heavy (non-hydrogen) atoms. The molecule has 0 atom stereocenters. The van der Waals surface area contributed by atoms with Crippen molar-refractivity contribution in [3.05, 3.63) is 226 Å². The first-order chi connectivity index (χ1) is 36.8. The smallest absolute Gasteiger partial charge is 0.0994 e. The SMILES string of the molecule is C=C/C=C\c1c(C)n(C)c2cccc(C)c12.CC.CCCC1(CCC)c2cc(C)ccc2-c2c1cc(N(c1ccccc1)c1cccc3c1c1ccccc1n3C)c1cc(C)c(C#N)cc21.Cc1ccc(C)c(C#N)c1. The van der Waals surface area contributed by atoms with E-state index in [1.165, 1.54) is 82.7 Å². The van der Waals surface area contributed by atoms with Gasteiger partial charge in [0.15, 0.2) is 0 Å². The minimum Gasteiger partial charge on any atom is -0.347 e. The van der Waals surface area contributed by atoms with E-state index < -0.39 is 0 Å². The van der Waals surface area contributed by atoms with E-state index in [0.717, 1.165) is 75.9 Å². The molecule has 1 aliphatic carbocycles. The maximum absolute atomic E-state index is 10.3. The summed E-state index contributed by atoms with van der Waals surface area (Å²) in [5.74, 6) is 0. The standard InChI is InChI=1S/C45H41N3.C15H17N.C9H9N.C2H6/c1-6-22-45(23-7-2)37-24-29(3)20-21-33(37)43-36-26-31(28-46)30(4)25-35(36)42(27-38(43)45)48(32-14-9-8-10-15-32)41-19-13-18-40-44(41)34-16-11-12-17-39(34)47(40)5;1-5-6-9-13-12(3)16(4)14-10-7-8-11(2)15(13)14;1-7-3-4-8(2)9(5-7)6-10;1-2/h8-21,24-27H,6-7,22-23H2,1-5H3;5-10H,1H2,2-4H3;3-5H,1-2H3;1-2H3/b;9-6-;;. The first kappa shape index (κ1) is 53.9. The van der Waals surface area contributed by atoms with E-state index in [9.17, 15) is 5.26 Å². The molecule has 2 aromatic heterocycles. The molecule has 0 bridgehead atoms. The Kier molecular flexibility index (Phi) is 16.3. The van der Waals surface area contributed by atoms with Gasteiger partial charge in [0.05, 0.1) is 40.2 Å². The third kappa shape index (κ3) is 9.64. The lowest BCUT2D eigenvalue weighted by Gasteiger charge is -2.34. The predicted molar refractivity (Wildman–Crippen MR) is 326 cm³/mol. The normalized spacial score (nSPS) is 12.0. The molecule has 0 amide bonds. The van der Waals surface area contributed by atoms with E-state index >= 15 is 0 Å². The number of fused-ring (bicyclic) bond motifs is 9. The molecular formula is C71H73N5. The summed E-state index contributed by atoms with van der Waals surface area (Å²) in [6, 6.07) is 57.2. The summed E-state index contributed by atoms with van der Waals surface area (Å²) in [6.07, 6.45) is 10.3. The fraction of sp³-hybridized carbons (Fsp3) is 0.239. The zero-order valence-corrected chi connectivity index (χ0v) is 46.9. The van der Waals surface area contributed by atoms with Crippen LogP contribution in [-0.2, 0) is 19.5 Å². The second-order valence-electron chi connectivity index (χ2n) is 20.2. The van der Waals surface area contributed by atoms with Crippen LogP contribution in [0.25, 0.3) is 60.7 Å². The van der Waals surface area contributed by atoms with Crippen LogP contribution < -0.4 is 4.90 Å². The van der Waals surface area contributed by atoms with Crippen LogP contribution in [0.3, 0.4) is 0 Å². The van der Waals surface area contributed by atoms with Crippen molar-refractivity contribution in [3.8, 4) is 23.3 Å². The Labute approximate surface area is 452 Å².